The first-order chi connectivity index (χ1) is 7.19. The van der Waals surface area contributed by atoms with Gasteiger partial charge in [-0.1, -0.05) is 6.92 Å². The van der Waals surface area contributed by atoms with Gasteiger partial charge in [0.25, 0.3) is 0 Å². The fraction of sp³-hybridized carbons (Fsp3) is 1.00. The summed E-state index contributed by atoms with van der Waals surface area (Å²) in [6, 6.07) is 0. The Labute approximate surface area is 89.4 Å². The molecule has 8 heteroatoms. The molecule has 0 heterocycles. The van der Waals surface area contributed by atoms with Crippen LogP contribution in [0.25, 0.3) is 0 Å². The van der Waals surface area contributed by atoms with Gasteiger partial charge in [0, 0.05) is 19.6 Å². The zero-order valence-corrected chi connectivity index (χ0v) is 8.67. The summed E-state index contributed by atoms with van der Waals surface area (Å²) in [5.74, 6) is -3.30. The van der Waals surface area contributed by atoms with E-state index in [4.69, 9.17) is 0 Å². The molecule has 0 spiro atoms. The second kappa shape index (κ2) is 6.29. The van der Waals surface area contributed by atoms with Crippen molar-refractivity contribution < 1.29 is 26.3 Å². The van der Waals surface area contributed by atoms with Crippen molar-refractivity contribution in [3.8, 4) is 0 Å². The van der Waals surface area contributed by atoms with Crippen LogP contribution < -0.4 is 10.6 Å². The molecule has 0 saturated carbocycles. The molecule has 0 radical (unpaired) electrons. The van der Waals surface area contributed by atoms with Gasteiger partial charge in [0.2, 0.25) is 0 Å². The quantitative estimate of drug-likeness (QED) is 0.557. The summed E-state index contributed by atoms with van der Waals surface area (Å²) in [6.45, 7) is 1.66. The Hall–Kier alpha value is -0.500. The van der Waals surface area contributed by atoms with Crippen molar-refractivity contribution >= 4 is 0 Å². The number of hydrogen-bond donors (Lipinski definition) is 2. The van der Waals surface area contributed by atoms with Crippen LogP contribution in [0.2, 0.25) is 0 Å². The van der Waals surface area contributed by atoms with E-state index in [1.807, 2.05) is 0 Å². The van der Waals surface area contributed by atoms with E-state index in [-0.39, 0.29) is 6.54 Å². The second-order valence-electron chi connectivity index (χ2n) is 3.19. The maximum Gasteiger partial charge on any atom is 0.401 e. The van der Waals surface area contributed by atoms with E-state index >= 15 is 0 Å². The average molecular weight is 252 g/mol. The van der Waals surface area contributed by atoms with E-state index in [1.165, 1.54) is 0 Å². The van der Waals surface area contributed by atoms with Gasteiger partial charge in [-0.25, -0.2) is 0 Å². The van der Waals surface area contributed by atoms with E-state index in [2.05, 4.69) is 10.6 Å². The zero-order valence-electron chi connectivity index (χ0n) is 8.67. The highest BCUT2D eigenvalue weighted by Gasteiger charge is 2.55. The lowest BCUT2D eigenvalue weighted by Gasteiger charge is -2.23. The minimum atomic E-state index is -5.26. The van der Waals surface area contributed by atoms with Gasteiger partial charge in [-0.2, -0.15) is 26.3 Å². The molecule has 0 aliphatic carbocycles. The summed E-state index contributed by atoms with van der Waals surface area (Å²) >= 11 is 0. The highest BCUT2D eigenvalue weighted by atomic mass is 19.4. The third-order valence-electron chi connectivity index (χ3n) is 1.87. The van der Waals surface area contributed by atoms with Crippen molar-refractivity contribution in [2.24, 2.45) is 5.92 Å². The topological polar surface area (TPSA) is 24.1 Å². The van der Waals surface area contributed by atoms with Gasteiger partial charge < -0.3 is 10.6 Å². The Bertz CT molecular complexity index is 174. The van der Waals surface area contributed by atoms with E-state index in [0.29, 0.717) is 13.1 Å². The van der Waals surface area contributed by atoms with Crippen LogP contribution in [0, 0.1) is 5.92 Å². The van der Waals surface area contributed by atoms with Gasteiger partial charge in [-0.3, -0.25) is 0 Å². The lowest BCUT2D eigenvalue weighted by atomic mass is 10.1. The first-order valence-electron chi connectivity index (χ1n) is 4.74. The largest absolute Gasteiger partial charge is 0.401 e. The molecule has 0 unspecified atom stereocenters. The lowest BCUT2D eigenvalue weighted by molar-refractivity contribution is -0.281. The molecule has 0 fully saturated rings. The summed E-state index contributed by atoms with van der Waals surface area (Å²) < 4.78 is 72.1. The fourth-order valence-corrected chi connectivity index (χ4v) is 1.02. The Kier molecular flexibility index (Phi) is 6.09. The third-order valence-corrected chi connectivity index (χ3v) is 1.87. The van der Waals surface area contributed by atoms with Gasteiger partial charge in [0.15, 0.2) is 5.92 Å². The molecular formula is C8H14F6N2. The van der Waals surface area contributed by atoms with Gasteiger partial charge in [-0.15, -0.1) is 0 Å². The van der Waals surface area contributed by atoms with Crippen LogP contribution in [0.4, 0.5) is 26.3 Å². The van der Waals surface area contributed by atoms with Gasteiger partial charge in [-0.05, 0) is 6.54 Å². The minimum Gasteiger partial charge on any atom is -0.316 e. The Morgan fingerprint density at radius 1 is 0.875 bits per heavy atom. The monoisotopic (exact) mass is 252 g/mol. The number of halogens is 6. The molecule has 0 aromatic rings. The van der Waals surface area contributed by atoms with Crippen molar-refractivity contribution in [2.75, 3.05) is 26.2 Å². The first-order valence-corrected chi connectivity index (χ1v) is 4.74. The molecule has 2 nitrogen and oxygen atoms in total. The molecule has 0 amide bonds. The van der Waals surface area contributed by atoms with Crippen LogP contribution in [-0.2, 0) is 0 Å². The van der Waals surface area contributed by atoms with Gasteiger partial charge in [0.1, 0.15) is 0 Å². The van der Waals surface area contributed by atoms with Crippen LogP contribution in [-0.4, -0.2) is 38.5 Å². The first kappa shape index (κ1) is 15.5. The molecule has 0 bridgehead atoms. The standard InChI is InChI=1S/C8H14F6N2/c1-2-15-3-4-16-5-6(7(9,10)11)8(12,13)14/h6,15-16H,2-5H2,1H3. The molecule has 0 atom stereocenters. The van der Waals surface area contributed by atoms with Crippen molar-refractivity contribution in [1.29, 1.82) is 0 Å². The maximum absolute atomic E-state index is 12.0. The van der Waals surface area contributed by atoms with E-state index in [0.717, 1.165) is 0 Å². The van der Waals surface area contributed by atoms with E-state index < -0.39 is 24.8 Å². The molecule has 0 aromatic carbocycles. The predicted octanol–water partition coefficient (Wildman–Crippen LogP) is 1.93. The SMILES string of the molecule is CCNCCNCC(C(F)(F)F)C(F)(F)F. The highest BCUT2D eigenvalue weighted by molar-refractivity contribution is 4.77. The number of nitrogens with one attached hydrogen (secondary N) is 2. The Balaban J connectivity index is 4.06. The van der Waals surface area contributed by atoms with Crippen molar-refractivity contribution in [1.82, 2.24) is 10.6 Å². The van der Waals surface area contributed by atoms with E-state index in [9.17, 15) is 26.3 Å². The lowest BCUT2D eigenvalue weighted by Crippen LogP contribution is -2.44. The highest BCUT2D eigenvalue weighted by Crippen LogP contribution is 2.38. The van der Waals surface area contributed by atoms with Crippen molar-refractivity contribution in [3.05, 3.63) is 0 Å². The number of alkyl halides is 6. The molecular weight excluding hydrogens is 238 g/mol. The molecule has 2 N–H and O–H groups in total. The molecule has 16 heavy (non-hydrogen) atoms. The third kappa shape index (κ3) is 6.16. The number of hydrogen-bond acceptors (Lipinski definition) is 2. The van der Waals surface area contributed by atoms with E-state index in [1.54, 1.807) is 6.92 Å². The maximum atomic E-state index is 12.0. The average Bonchev–Trinajstić information content (AvgIpc) is 2.06. The molecule has 0 saturated heterocycles. The number of likely N-dealkylation sites (N-methyl/N-ethyl adjacent to an activating group) is 1. The smallest absolute Gasteiger partial charge is 0.316 e. The summed E-state index contributed by atoms with van der Waals surface area (Å²) in [5.41, 5.74) is 0. The van der Waals surface area contributed by atoms with Gasteiger partial charge in [0.05, 0.1) is 0 Å². The van der Waals surface area contributed by atoms with Crippen LogP contribution in [0.1, 0.15) is 6.92 Å². The fourth-order valence-electron chi connectivity index (χ4n) is 1.02. The van der Waals surface area contributed by atoms with Crippen LogP contribution >= 0.6 is 0 Å². The van der Waals surface area contributed by atoms with Crippen molar-refractivity contribution in [2.45, 2.75) is 19.3 Å². The summed E-state index contributed by atoms with van der Waals surface area (Å²) in [6.07, 6.45) is -10.5. The zero-order chi connectivity index (χ0) is 12.8. The second-order valence-corrected chi connectivity index (χ2v) is 3.19. The Morgan fingerprint density at radius 3 is 1.69 bits per heavy atom. The number of rotatable bonds is 6. The molecule has 0 aliphatic rings. The molecule has 98 valence electrons. The summed E-state index contributed by atoms with van der Waals surface area (Å²) in [7, 11) is 0. The van der Waals surface area contributed by atoms with Crippen LogP contribution in [0.5, 0.6) is 0 Å². The minimum absolute atomic E-state index is 0.0660. The van der Waals surface area contributed by atoms with Crippen molar-refractivity contribution in [3.63, 3.8) is 0 Å². The molecule has 0 rings (SSSR count). The predicted molar refractivity (Wildman–Crippen MR) is 47.0 cm³/mol. The Morgan fingerprint density at radius 2 is 1.31 bits per heavy atom. The summed E-state index contributed by atoms with van der Waals surface area (Å²) in [4.78, 5) is 0. The van der Waals surface area contributed by atoms with Gasteiger partial charge >= 0.3 is 12.4 Å². The van der Waals surface area contributed by atoms with Crippen LogP contribution in [0.3, 0.4) is 0 Å². The molecule has 0 aliphatic heterocycles. The van der Waals surface area contributed by atoms with Crippen LogP contribution in [0.15, 0.2) is 0 Å². The normalized spacial score (nSPS) is 13.5. The summed E-state index contributed by atoms with van der Waals surface area (Å²) in [5, 5.41) is 4.91. The molecule has 0 aromatic heterocycles.